The molecule has 0 unspecified atom stereocenters. The number of hydrogen-bond donors (Lipinski definition) is 1. The predicted octanol–water partition coefficient (Wildman–Crippen LogP) is 3.57. The minimum atomic E-state index is 0.0984. The summed E-state index contributed by atoms with van der Waals surface area (Å²) in [5.41, 5.74) is 3.98. The zero-order chi connectivity index (χ0) is 14.2. The maximum atomic E-state index is 12.2. The summed E-state index contributed by atoms with van der Waals surface area (Å²) in [4.78, 5) is 12.2. The molecule has 106 valence electrons. The normalized spacial score (nSPS) is 31.9. The summed E-state index contributed by atoms with van der Waals surface area (Å²) < 4.78 is 1.17. The maximum Gasteiger partial charge on any atom is 0.244 e. The Morgan fingerprint density at radius 2 is 2.35 bits per heavy atom. The number of amides is 1. The molecule has 3 rings (SSSR count). The largest absolute Gasteiger partial charge is 0.273 e. The van der Waals surface area contributed by atoms with E-state index in [1.807, 2.05) is 24.3 Å². The number of carbonyl (C=O) groups is 1. The van der Waals surface area contributed by atoms with E-state index < -0.39 is 0 Å². The summed E-state index contributed by atoms with van der Waals surface area (Å²) in [6, 6.07) is 8.04. The third kappa shape index (κ3) is 2.62. The summed E-state index contributed by atoms with van der Waals surface area (Å²) in [6.07, 6.45) is 6.65. The molecule has 1 N–H and O–H groups in total. The fraction of sp³-hybridized carbons (Fsp3) is 0.500. The van der Waals surface area contributed by atoms with Crippen molar-refractivity contribution in [1.29, 1.82) is 0 Å². The van der Waals surface area contributed by atoms with Crippen LogP contribution in [0.5, 0.6) is 0 Å². The van der Waals surface area contributed by atoms with Crippen LogP contribution in [-0.2, 0) is 4.79 Å². The molecule has 2 aliphatic rings. The zero-order valence-corrected chi connectivity index (χ0v) is 13.8. The smallest absolute Gasteiger partial charge is 0.244 e. The Morgan fingerprint density at radius 1 is 1.50 bits per heavy atom. The molecule has 0 aliphatic heterocycles. The first-order chi connectivity index (χ1) is 9.61. The minimum Gasteiger partial charge on any atom is -0.273 e. The van der Waals surface area contributed by atoms with Gasteiger partial charge in [-0.2, -0.15) is 5.10 Å². The van der Waals surface area contributed by atoms with Crippen molar-refractivity contribution in [3.63, 3.8) is 0 Å². The van der Waals surface area contributed by atoms with Crippen LogP contribution in [-0.4, -0.2) is 12.1 Å². The van der Waals surface area contributed by atoms with Crippen LogP contribution in [0.4, 0.5) is 0 Å². The van der Waals surface area contributed by atoms with E-state index in [1.54, 1.807) is 6.21 Å². The van der Waals surface area contributed by atoms with Crippen molar-refractivity contribution in [2.45, 2.75) is 32.6 Å². The van der Waals surface area contributed by atoms with Crippen LogP contribution in [0.3, 0.4) is 0 Å². The number of hydrazone groups is 1. The van der Waals surface area contributed by atoms with Crippen molar-refractivity contribution >= 4 is 34.7 Å². The Hall–Kier alpha value is -0.910. The molecular weight excluding hydrogens is 363 g/mol. The molecule has 4 heteroatoms. The number of benzene rings is 1. The molecule has 1 amide bonds. The number of carbonyl (C=O) groups excluding carboxylic acids is 1. The van der Waals surface area contributed by atoms with Gasteiger partial charge in [0.15, 0.2) is 0 Å². The van der Waals surface area contributed by atoms with Crippen LogP contribution in [0.1, 0.15) is 38.2 Å². The molecule has 1 aromatic rings. The Labute approximate surface area is 133 Å². The van der Waals surface area contributed by atoms with Gasteiger partial charge in [-0.3, -0.25) is 4.79 Å². The van der Waals surface area contributed by atoms with Gasteiger partial charge in [-0.1, -0.05) is 31.9 Å². The van der Waals surface area contributed by atoms with Gasteiger partial charge in [-0.05, 0) is 64.5 Å². The molecule has 3 nitrogen and oxygen atoms in total. The van der Waals surface area contributed by atoms with Crippen molar-refractivity contribution in [3.8, 4) is 0 Å². The number of rotatable bonds is 3. The van der Waals surface area contributed by atoms with Gasteiger partial charge < -0.3 is 0 Å². The third-order valence-corrected chi connectivity index (χ3v) is 5.52. The van der Waals surface area contributed by atoms with Crippen LogP contribution in [0.15, 0.2) is 29.4 Å². The van der Waals surface area contributed by atoms with E-state index in [0.717, 1.165) is 5.56 Å². The topological polar surface area (TPSA) is 41.5 Å². The van der Waals surface area contributed by atoms with Gasteiger partial charge in [0.25, 0.3) is 0 Å². The molecule has 0 aromatic heterocycles. The lowest BCUT2D eigenvalue weighted by Crippen LogP contribution is -2.22. The fourth-order valence-electron chi connectivity index (χ4n) is 3.68. The summed E-state index contributed by atoms with van der Waals surface area (Å²) >= 11 is 2.27. The molecule has 1 aromatic carbocycles. The second kappa shape index (κ2) is 5.47. The summed E-state index contributed by atoms with van der Waals surface area (Å²) in [7, 11) is 0. The molecule has 2 saturated carbocycles. The third-order valence-electron chi connectivity index (χ3n) is 4.85. The zero-order valence-electron chi connectivity index (χ0n) is 11.6. The molecule has 0 bridgehead atoms. The van der Waals surface area contributed by atoms with Gasteiger partial charge in [0.1, 0.15) is 0 Å². The second-order valence-electron chi connectivity index (χ2n) is 6.13. The number of nitrogens with one attached hydrogen (secondary N) is 1. The Kier molecular flexibility index (Phi) is 3.84. The highest BCUT2D eigenvalue weighted by Gasteiger charge is 2.64. The van der Waals surface area contributed by atoms with Gasteiger partial charge in [0, 0.05) is 9.49 Å². The number of halogens is 1. The molecule has 3 atom stereocenters. The highest BCUT2D eigenvalue weighted by Crippen LogP contribution is 2.66. The van der Waals surface area contributed by atoms with E-state index in [0.29, 0.717) is 5.92 Å². The Morgan fingerprint density at radius 3 is 3.05 bits per heavy atom. The lowest BCUT2D eigenvalue weighted by molar-refractivity contribution is -0.123. The lowest BCUT2D eigenvalue weighted by Gasteiger charge is -2.15. The van der Waals surface area contributed by atoms with Gasteiger partial charge in [0.05, 0.1) is 6.21 Å². The lowest BCUT2D eigenvalue weighted by atomic mass is 9.90. The van der Waals surface area contributed by atoms with Crippen molar-refractivity contribution in [3.05, 3.63) is 33.4 Å². The highest BCUT2D eigenvalue weighted by molar-refractivity contribution is 14.1. The first-order valence-electron chi connectivity index (χ1n) is 7.20. The van der Waals surface area contributed by atoms with E-state index in [-0.39, 0.29) is 17.2 Å². The standard InChI is InChI=1S/C16H19IN2O/c1-16-8-3-2-7-13(16)14(16)15(20)19-18-10-11-5-4-6-12(17)9-11/h4-6,9-10,13-14H,2-3,7-8H2,1H3,(H,19,20)/b18-10-/t13-,14-,16+/m1/s1. The van der Waals surface area contributed by atoms with Crippen molar-refractivity contribution in [2.75, 3.05) is 0 Å². The van der Waals surface area contributed by atoms with Crippen molar-refractivity contribution in [2.24, 2.45) is 22.4 Å². The first kappa shape index (κ1) is 14.0. The molecule has 2 aliphatic carbocycles. The molecule has 0 heterocycles. The van der Waals surface area contributed by atoms with Gasteiger partial charge >= 0.3 is 0 Å². The quantitative estimate of drug-likeness (QED) is 0.485. The van der Waals surface area contributed by atoms with Crippen LogP contribution >= 0.6 is 22.6 Å². The van der Waals surface area contributed by atoms with E-state index >= 15 is 0 Å². The number of hydrogen-bond acceptors (Lipinski definition) is 2. The van der Waals surface area contributed by atoms with E-state index in [9.17, 15) is 4.79 Å². The average molecular weight is 382 g/mol. The van der Waals surface area contributed by atoms with E-state index in [4.69, 9.17) is 0 Å². The average Bonchev–Trinajstić information content (AvgIpc) is 3.04. The predicted molar refractivity (Wildman–Crippen MR) is 88.5 cm³/mol. The monoisotopic (exact) mass is 382 g/mol. The molecular formula is C16H19IN2O. The van der Waals surface area contributed by atoms with Crippen LogP contribution in [0, 0.1) is 20.8 Å². The first-order valence-corrected chi connectivity index (χ1v) is 8.27. The van der Waals surface area contributed by atoms with E-state index in [1.165, 1.54) is 29.3 Å². The molecule has 0 radical (unpaired) electrons. The summed E-state index contributed by atoms with van der Waals surface area (Å²) in [5.74, 6) is 0.864. The maximum absolute atomic E-state index is 12.2. The Balaban J connectivity index is 1.58. The van der Waals surface area contributed by atoms with Gasteiger partial charge in [0.2, 0.25) is 5.91 Å². The van der Waals surface area contributed by atoms with Crippen LogP contribution in [0.25, 0.3) is 0 Å². The molecule has 20 heavy (non-hydrogen) atoms. The number of fused-ring (bicyclic) bond motifs is 1. The van der Waals surface area contributed by atoms with Crippen LogP contribution in [0.2, 0.25) is 0 Å². The minimum absolute atomic E-state index is 0.0984. The molecule has 0 spiro atoms. The van der Waals surface area contributed by atoms with E-state index in [2.05, 4.69) is 40.0 Å². The molecule has 2 fully saturated rings. The van der Waals surface area contributed by atoms with Crippen molar-refractivity contribution in [1.82, 2.24) is 5.43 Å². The van der Waals surface area contributed by atoms with Gasteiger partial charge in [-0.15, -0.1) is 0 Å². The second-order valence-corrected chi connectivity index (χ2v) is 7.37. The summed E-state index contributed by atoms with van der Waals surface area (Å²) in [6.45, 7) is 2.25. The fourth-order valence-corrected chi connectivity index (χ4v) is 4.24. The number of nitrogens with zero attached hydrogens (tertiary/aromatic N) is 1. The highest BCUT2D eigenvalue weighted by atomic mass is 127. The summed E-state index contributed by atoms with van der Waals surface area (Å²) in [5, 5.41) is 4.11. The van der Waals surface area contributed by atoms with Gasteiger partial charge in [-0.25, -0.2) is 5.43 Å². The SMILES string of the molecule is C[C@]12CCCC[C@@H]1[C@@H]2C(=O)N/N=C\c1cccc(I)c1. The Bertz CT molecular complexity index is 557. The molecule has 0 saturated heterocycles. The van der Waals surface area contributed by atoms with Crippen LogP contribution < -0.4 is 5.43 Å². The van der Waals surface area contributed by atoms with Crippen molar-refractivity contribution < 1.29 is 4.79 Å².